The van der Waals surface area contributed by atoms with Crippen LogP contribution in [0.25, 0.3) is 0 Å². The quantitative estimate of drug-likeness (QED) is 0.752. The van der Waals surface area contributed by atoms with E-state index in [4.69, 9.17) is 4.74 Å². The summed E-state index contributed by atoms with van der Waals surface area (Å²) in [5.41, 5.74) is -1.16. The first-order valence-corrected chi connectivity index (χ1v) is 6.59. The van der Waals surface area contributed by atoms with Gasteiger partial charge in [-0.25, -0.2) is 8.42 Å². The van der Waals surface area contributed by atoms with Crippen LogP contribution in [0.4, 0.5) is 0 Å². The van der Waals surface area contributed by atoms with Crippen molar-refractivity contribution in [3.8, 4) is 0 Å². The minimum atomic E-state index is -3.20. The third-order valence-electron chi connectivity index (χ3n) is 3.12. The van der Waals surface area contributed by atoms with E-state index in [2.05, 4.69) is 0 Å². The smallest absolute Gasteiger partial charge is 0.311 e. The molecule has 0 spiro atoms. The van der Waals surface area contributed by atoms with Crippen LogP contribution in [0.1, 0.15) is 13.3 Å². The van der Waals surface area contributed by atoms with E-state index in [0.717, 1.165) is 0 Å². The molecule has 0 aromatic rings. The van der Waals surface area contributed by atoms with Crippen molar-refractivity contribution in [2.45, 2.75) is 13.3 Å². The summed E-state index contributed by atoms with van der Waals surface area (Å²) in [5, 5.41) is 9.17. The molecule has 0 aromatic heterocycles. The summed E-state index contributed by atoms with van der Waals surface area (Å²) >= 11 is 0. The van der Waals surface area contributed by atoms with E-state index >= 15 is 0 Å². The van der Waals surface area contributed by atoms with Crippen molar-refractivity contribution in [2.24, 2.45) is 11.3 Å². The maximum absolute atomic E-state index is 11.4. The van der Waals surface area contributed by atoms with Gasteiger partial charge in [0.05, 0.1) is 16.9 Å². The van der Waals surface area contributed by atoms with Gasteiger partial charge in [-0.2, -0.15) is 0 Å². The van der Waals surface area contributed by atoms with Crippen LogP contribution in [0.3, 0.4) is 0 Å². The second-order valence-corrected chi connectivity index (χ2v) is 6.34. The number of carbonyl (C=O) groups is 1. The highest BCUT2D eigenvalue weighted by molar-refractivity contribution is 7.91. The molecule has 5 nitrogen and oxygen atoms in total. The lowest BCUT2D eigenvalue weighted by atomic mass is 9.76. The predicted octanol–water partition coefficient (Wildman–Crippen LogP) is 0.158. The Labute approximate surface area is 89.3 Å². The molecular weight excluding hydrogens is 220 g/mol. The zero-order valence-electron chi connectivity index (χ0n) is 8.89. The average molecular weight is 236 g/mol. The molecule has 1 heterocycles. The first kappa shape index (κ1) is 12.4. The number of ether oxygens (including phenoxy) is 1. The van der Waals surface area contributed by atoms with Gasteiger partial charge in [-0.3, -0.25) is 4.79 Å². The Morgan fingerprint density at radius 3 is 2.53 bits per heavy atom. The predicted molar refractivity (Wildman–Crippen MR) is 54.4 cm³/mol. The van der Waals surface area contributed by atoms with Crippen molar-refractivity contribution in [2.75, 3.05) is 25.2 Å². The third-order valence-corrected chi connectivity index (χ3v) is 4.90. The third kappa shape index (κ3) is 2.31. The SMILES string of the molecule is COCC(C)C1(C(=O)O)CCS(=O)(=O)C1. The van der Waals surface area contributed by atoms with Gasteiger partial charge in [-0.1, -0.05) is 6.92 Å². The van der Waals surface area contributed by atoms with Gasteiger partial charge >= 0.3 is 5.97 Å². The van der Waals surface area contributed by atoms with Crippen molar-refractivity contribution in [1.29, 1.82) is 0 Å². The van der Waals surface area contributed by atoms with Gasteiger partial charge in [0.25, 0.3) is 0 Å². The van der Waals surface area contributed by atoms with E-state index in [1.54, 1.807) is 6.92 Å². The van der Waals surface area contributed by atoms with E-state index in [1.807, 2.05) is 0 Å². The molecule has 1 fully saturated rings. The highest BCUT2D eigenvalue weighted by Gasteiger charge is 2.51. The monoisotopic (exact) mass is 236 g/mol. The Kier molecular flexibility index (Phi) is 3.40. The second kappa shape index (κ2) is 4.09. The van der Waals surface area contributed by atoms with Gasteiger partial charge in [-0.05, 0) is 12.3 Å². The lowest BCUT2D eigenvalue weighted by molar-refractivity contribution is -0.151. The summed E-state index contributed by atoms with van der Waals surface area (Å²) in [6, 6.07) is 0. The van der Waals surface area contributed by atoms with E-state index in [0.29, 0.717) is 0 Å². The van der Waals surface area contributed by atoms with Crippen molar-refractivity contribution in [1.82, 2.24) is 0 Å². The van der Waals surface area contributed by atoms with Crippen LogP contribution >= 0.6 is 0 Å². The van der Waals surface area contributed by atoms with Crippen LogP contribution in [0.2, 0.25) is 0 Å². The molecule has 1 rings (SSSR count). The maximum atomic E-state index is 11.4. The van der Waals surface area contributed by atoms with Gasteiger partial charge < -0.3 is 9.84 Å². The van der Waals surface area contributed by atoms with Crippen molar-refractivity contribution in [3.63, 3.8) is 0 Å². The standard InChI is InChI=1S/C9H16O5S/c1-7(5-14-2)9(8(10)11)3-4-15(12,13)6-9/h7H,3-6H2,1-2H3,(H,10,11). The Hall–Kier alpha value is -0.620. The fourth-order valence-electron chi connectivity index (χ4n) is 2.05. The molecule has 1 aliphatic rings. The minimum Gasteiger partial charge on any atom is -0.481 e. The van der Waals surface area contributed by atoms with E-state index < -0.39 is 21.2 Å². The minimum absolute atomic E-state index is 0.0344. The van der Waals surface area contributed by atoms with Crippen LogP contribution < -0.4 is 0 Å². The van der Waals surface area contributed by atoms with Gasteiger partial charge in [0.2, 0.25) is 0 Å². The molecule has 0 aliphatic carbocycles. The molecule has 2 atom stereocenters. The van der Waals surface area contributed by atoms with Crippen LogP contribution in [-0.2, 0) is 19.4 Å². The van der Waals surface area contributed by atoms with Crippen LogP contribution in [-0.4, -0.2) is 44.7 Å². The summed E-state index contributed by atoms with van der Waals surface area (Å²) in [6.07, 6.45) is 0.190. The lowest BCUT2D eigenvalue weighted by Gasteiger charge is -2.29. The number of methoxy groups -OCH3 is 1. The number of carboxylic acids is 1. The highest BCUT2D eigenvalue weighted by atomic mass is 32.2. The number of hydrogen-bond donors (Lipinski definition) is 1. The summed E-state index contributed by atoms with van der Waals surface area (Å²) in [5.74, 6) is -1.63. The van der Waals surface area contributed by atoms with E-state index in [9.17, 15) is 18.3 Å². The fourth-order valence-corrected chi connectivity index (χ4v) is 4.21. The molecule has 6 heteroatoms. The van der Waals surface area contributed by atoms with Gasteiger partial charge in [0, 0.05) is 13.7 Å². The number of carboxylic acid groups (broad SMARTS) is 1. The lowest BCUT2D eigenvalue weighted by Crippen LogP contribution is -2.40. The maximum Gasteiger partial charge on any atom is 0.311 e. The van der Waals surface area contributed by atoms with Gasteiger partial charge in [0.1, 0.15) is 0 Å². The summed E-state index contributed by atoms with van der Waals surface area (Å²) in [6.45, 7) is 1.99. The van der Waals surface area contributed by atoms with Gasteiger partial charge in [0.15, 0.2) is 9.84 Å². The fraction of sp³-hybridized carbons (Fsp3) is 0.889. The summed E-state index contributed by atoms with van der Waals surface area (Å²) in [4.78, 5) is 11.2. The van der Waals surface area contributed by atoms with E-state index in [-0.39, 0.29) is 30.5 Å². The van der Waals surface area contributed by atoms with Crippen molar-refractivity contribution >= 4 is 15.8 Å². The zero-order chi connectivity index (χ0) is 11.7. The number of aliphatic carboxylic acids is 1. The molecule has 0 aromatic carbocycles. The second-order valence-electron chi connectivity index (χ2n) is 4.16. The first-order chi connectivity index (χ1) is 6.84. The Morgan fingerprint density at radius 1 is 1.60 bits per heavy atom. The molecule has 0 bridgehead atoms. The highest BCUT2D eigenvalue weighted by Crippen LogP contribution is 2.39. The Morgan fingerprint density at radius 2 is 2.20 bits per heavy atom. The molecule has 1 saturated heterocycles. The number of rotatable bonds is 4. The molecule has 0 amide bonds. The number of hydrogen-bond acceptors (Lipinski definition) is 4. The topological polar surface area (TPSA) is 80.7 Å². The average Bonchev–Trinajstić information content (AvgIpc) is 2.44. The summed E-state index contributed by atoms with van der Waals surface area (Å²) in [7, 11) is -1.72. The molecule has 88 valence electrons. The van der Waals surface area contributed by atoms with Crippen molar-refractivity contribution in [3.05, 3.63) is 0 Å². The first-order valence-electron chi connectivity index (χ1n) is 4.77. The Bertz CT molecular complexity index is 348. The summed E-state index contributed by atoms with van der Waals surface area (Å²) < 4.78 is 27.6. The van der Waals surface area contributed by atoms with Gasteiger partial charge in [-0.15, -0.1) is 0 Å². The molecule has 2 unspecified atom stereocenters. The zero-order valence-corrected chi connectivity index (χ0v) is 9.71. The van der Waals surface area contributed by atoms with E-state index in [1.165, 1.54) is 7.11 Å². The van der Waals surface area contributed by atoms with Crippen molar-refractivity contribution < 1.29 is 23.1 Å². The van der Waals surface area contributed by atoms with Crippen LogP contribution in [0.5, 0.6) is 0 Å². The molecule has 0 saturated carbocycles. The molecular formula is C9H16O5S. The molecule has 15 heavy (non-hydrogen) atoms. The Balaban J connectivity index is 2.97. The largest absolute Gasteiger partial charge is 0.481 e. The molecule has 0 radical (unpaired) electrons. The number of sulfone groups is 1. The molecule has 1 N–H and O–H groups in total. The molecule has 1 aliphatic heterocycles. The normalized spacial score (nSPS) is 31.3. The van der Waals surface area contributed by atoms with Crippen LogP contribution in [0, 0.1) is 11.3 Å². The van der Waals surface area contributed by atoms with Crippen LogP contribution in [0.15, 0.2) is 0 Å².